The van der Waals surface area contributed by atoms with Gasteiger partial charge in [-0.3, -0.25) is 0 Å². The minimum Gasteiger partial charge on any atom is -0.497 e. The summed E-state index contributed by atoms with van der Waals surface area (Å²) in [6.45, 7) is 1.61. The highest BCUT2D eigenvalue weighted by molar-refractivity contribution is 7.89. The van der Waals surface area contributed by atoms with Gasteiger partial charge in [-0.2, -0.15) is 0 Å². The van der Waals surface area contributed by atoms with Gasteiger partial charge in [0.25, 0.3) is 0 Å². The van der Waals surface area contributed by atoms with Gasteiger partial charge in [-0.25, -0.2) is 17.5 Å². The molecule has 1 N–H and O–H groups in total. The van der Waals surface area contributed by atoms with E-state index in [4.69, 9.17) is 9.47 Å². The largest absolute Gasteiger partial charge is 0.497 e. The van der Waals surface area contributed by atoms with Gasteiger partial charge in [-0.15, -0.1) is 0 Å². The van der Waals surface area contributed by atoms with Gasteiger partial charge in [0.15, 0.2) is 0 Å². The molecule has 0 aliphatic carbocycles. The van der Waals surface area contributed by atoms with Gasteiger partial charge in [0.1, 0.15) is 17.3 Å². The monoisotopic (exact) mass is 339 g/mol. The fourth-order valence-electron chi connectivity index (χ4n) is 2.19. The summed E-state index contributed by atoms with van der Waals surface area (Å²) in [5.41, 5.74) is 0.977. The molecule has 0 fully saturated rings. The summed E-state index contributed by atoms with van der Waals surface area (Å²) in [5.74, 6) is 0.537. The second kappa shape index (κ2) is 6.97. The Bertz CT molecular complexity index is 806. The Kier molecular flexibility index (Phi) is 5.23. The molecule has 5 nitrogen and oxygen atoms in total. The normalized spacial score (nSPS) is 11.3. The van der Waals surface area contributed by atoms with E-state index in [1.807, 2.05) is 0 Å². The summed E-state index contributed by atoms with van der Waals surface area (Å²) < 4.78 is 50.8. The van der Waals surface area contributed by atoms with E-state index in [0.29, 0.717) is 22.6 Å². The molecule has 2 aromatic carbocycles. The Labute approximate surface area is 135 Å². The van der Waals surface area contributed by atoms with Gasteiger partial charge in [0.2, 0.25) is 10.0 Å². The van der Waals surface area contributed by atoms with Crippen molar-refractivity contribution in [2.45, 2.75) is 18.4 Å². The molecule has 0 radical (unpaired) electrons. The van der Waals surface area contributed by atoms with E-state index in [0.717, 1.165) is 0 Å². The summed E-state index contributed by atoms with van der Waals surface area (Å²) in [6, 6.07) is 8.63. The van der Waals surface area contributed by atoms with Gasteiger partial charge >= 0.3 is 0 Å². The Morgan fingerprint density at radius 1 is 1.09 bits per heavy atom. The van der Waals surface area contributed by atoms with Crippen LogP contribution in [0.4, 0.5) is 4.39 Å². The molecule has 23 heavy (non-hydrogen) atoms. The van der Waals surface area contributed by atoms with Gasteiger partial charge in [-0.1, -0.05) is 0 Å². The first-order chi connectivity index (χ1) is 10.9. The molecular formula is C16H18FNO4S. The van der Waals surface area contributed by atoms with Crippen LogP contribution in [0.3, 0.4) is 0 Å². The summed E-state index contributed by atoms with van der Waals surface area (Å²) in [5, 5.41) is 0. The molecular weight excluding hydrogens is 321 g/mol. The lowest BCUT2D eigenvalue weighted by Gasteiger charge is -2.12. The zero-order valence-corrected chi connectivity index (χ0v) is 13.9. The van der Waals surface area contributed by atoms with E-state index >= 15 is 0 Å². The SMILES string of the molecule is COc1ccc(S(=O)(=O)NCc2cc(F)ccc2OC)c(C)c1. The number of hydrogen-bond acceptors (Lipinski definition) is 4. The number of halogens is 1. The third-order valence-electron chi connectivity index (χ3n) is 3.37. The predicted molar refractivity (Wildman–Crippen MR) is 84.7 cm³/mol. The maximum Gasteiger partial charge on any atom is 0.241 e. The van der Waals surface area contributed by atoms with Crippen molar-refractivity contribution in [1.29, 1.82) is 0 Å². The highest BCUT2D eigenvalue weighted by Crippen LogP contribution is 2.23. The summed E-state index contributed by atoms with van der Waals surface area (Å²) in [7, 11) is -0.781. The number of ether oxygens (including phenoxy) is 2. The van der Waals surface area contributed by atoms with Crippen molar-refractivity contribution in [3.63, 3.8) is 0 Å². The second-order valence-electron chi connectivity index (χ2n) is 4.91. The predicted octanol–water partition coefficient (Wildman–Crippen LogP) is 2.63. The molecule has 0 aromatic heterocycles. The zero-order valence-electron chi connectivity index (χ0n) is 13.1. The van der Waals surface area contributed by atoms with Crippen LogP contribution in [-0.4, -0.2) is 22.6 Å². The summed E-state index contributed by atoms with van der Waals surface area (Å²) in [4.78, 5) is 0.147. The van der Waals surface area contributed by atoms with E-state index in [9.17, 15) is 12.8 Å². The highest BCUT2D eigenvalue weighted by Gasteiger charge is 2.18. The molecule has 2 aromatic rings. The lowest BCUT2D eigenvalue weighted by molar-refractivity contribution is 0.407. The molecule has 0 aliphatic heterocycles. The zero-order chi connectivity index (χ0) is 17.0. The number of sulfonamides is 1. The fourth-order valence-corrected chi connectivity index (χ4v) is 3.42. The van der Waals surface area contributed by atoms with E-state index in [2.05, 4.69) is 4.72 Å². The Morgan fingerprint density at radius 2 is 1.83 bits per heavy atom. The number of aryl methyl sites for hydroxylation is 1. The third kappa shape index (κ3) is 4.00. The molecule has 0 bridgehead atoms. The van der Waals surface area contributed by atoms with E-state index in [1.54, 1.807) is 19.1 Å². The number of hydrogen-bond donors (Lipinski definition) is 1. The Hall–Kier alpha value is -2.12. The molecule has 0 heterocycles. The van der Waals surface area contributed by atoms with Crippen LogP contribution in [0.5, 0.6) is 11.5 Å². The maximum atomic E-state index is 13.3. The van der Waals surface area contributed by atoms with E-state index in [1.165, 1.54) is 38.5 Å². The first kappa shape index (κ1) is 17.2. The molecule has 7 heteroatoms. The summed E-state index contributed by atoms with van der Waals surface area (Å²) >= 11 is 0. The molecule has 0 saturated heterocycles. The molecule has 0 unspecified atom stereocenters. The van der Waals surface area contributed by atoms with Crippen molar-refractivity contribution < 1.29 is 22.3 Å². The van der Waals surface area contributed by atoms with E-state index < -0.39 is 15.8 Å². The van der Waals surface area contributed by atoms with Crippen LogP contribution in [0.25, 0.3) is 0 Å². The average molecular weight is 339 g/mol. The van der Waals surface area contributed by atoms with Gasteiger partial charge < -0.3 is 9.47 Å². The van der Waals surface area contributed by atoms with Crippen LogP contribution in [-0.2, 0) is 16.6 Å². The molecule has 0 saturated carbocycles. The van der Waals surface area contributed by atoms with Crippen molar-refractivity contribution in [3.05, 3.63) is 53.3 Å². The highest BCUT2D eigenvalue weighted by atomic mass is 32.2. The van der Waals surface area contributed by atoms with Gasteiger partial charge in [0, 0.05) is 12.1 Å². The minimum absolute atomic E-state index is 0.0747. The fraction of sp³-hybridized carbons (Fsp3) is 0.250. The van der Waals surface area contributed by atoms with Crippen LogP contribution >= 0.6 is 0 Å². The van der Waals surface area contributed by atoms with E-state index in [-0.39, 0.29) is 11.4 Å². The van der Waals surface area contributed by atoms with Crippen LogP contribution in [0.2, 0.25) is 0 Å². The number of nitrogens with one attached hydrogen (secondary N) is 1. The first-order valence-corrected chi connectivity index (χ1v) is 8.32. The van der Waals surface area contributed by atoms with Crippen LogP contribution < -0.4 is 14.2 Å². The summed E-state index contributed by atoms with van der Waals surface area (Å²) in [6.07, 6.45) is 0. The average Bonchev–Trinajstić information content (AvgIpc) is 2.52. The van der Waals surface area contributed by atoms with Gasteiger partial charge in [-0.05, 0) is 48.9 Å². The number of benzene rings is 2. The third-order valence-corrected chi connectivity index (χ3v) is 4.93. The van der Waals surface area contributed by atoms with Crippen LogP contribution in [0, 0.1) is 12.7 Å². The lowest BCUT2D eigenvalue weighted by atomic mass is 10.2. The standard InChI is InChI=1S/C16H18FNO4S/c1-11-8-14(21-2)5-7-16(11)23(19,20)18-10-12-9-13(17)4-6-15(12)22-3/h4-9,18H,10H2,1-3H3. The first-order valence-electron chi connectivity index (χ1n) is 6.84. The molecule has 124 valence electrons. The Balaban J connectivity index is 2.24. The molecule has 0 spiro atoms. The smallest absolute Gasteiger partial charge is 0.241 e. The van der Waals surface area contributed by atoms with Crippen LogP contribution in [0.1, 0.15) is 11.1 Å². The van der Waals surface area contributed by atoms with Crippen LogP contribution in [0.15, 0.2) is 41.3 Å². The quantitative estimate of drug-likeness (QED) is 0.879. The Morgan fingerprint density at radius 3 is 2.43 bits per heavy atom. The topological polar surface area (TPSA) is 64.6 Å². The molecule has 2 rings (SSSR count). The number of methoxy groups -OCH3 is 2. The van der Waals surface area contributed by atoms with Gasteiger partial charge in [0.05, 0.1) is 19.1 Å². The molecule has 0 amide bonds. The van der Waals surface area contributed by atoms with Crippen molar-refractivity contribution >= 4 is 10.0 Å². The number of rotatable bonds is 6. The maximum absolute atomic E-state index is 13.3. The minimum atomic E-state index is -3.74. The lowest BCUT2D eigenvalue weighted by Crippen LogP contribution is -2.24. The van der Waals surface area contributed by atoms with Crippen molar-refractivity contribution in [2.24, 2.45) is 0 Å². The van der Waals surface area contributed by atoms with Crippen molar-refractivity contribution in [2.75, 3.05) is 14.2 Å². The molecule has 0 atom stereocenters. The second-order valence-corrected chi connectivity index (χ2v) is 6.65. The van der Waals surface area contributed by atoms with Crippen molar-refractivity contribution in [3.8, 4) is 11.5 Å². The van der Waals surface area contributed by atoms with Crippen molar-refractivity contribution in [1.82, 2.24) is 4.72 Å². The molecule has 0 aliphatic rings.